The number of carboxylic acid groups (broad SMARTS) is 1. The summed E-state index contributed by atoms with van der Waals surface area (Å²) in [6, 6.07) is 0. The van der Waals surface area contributed by atoms with Gasteiger partial charge in [-0.25, -0.2) is 13.2 Å². The Morgan fingerprint density at radius 2 is 2.21 bits per heavy atom. The van der Waals surface area contributed by atoms with E-state index in [1.165, 1.54) is 17.9 Å². The van der Waals surface area contributed by atoms with Gasteiger partial charge in [0.15, 0.2) is 5.82 Å². The first-order valence-electron chi connectivity index (χ1n) is 3.54. The average Bonchev–Trinajstić information content (AvgIpc) is 2.27. The van der Waals surface area contributed by atoms with Crippen LogP contribution in [0.4, 0.5) is 5.82 Å². The lowest BCUT2D eigenvalue weighted by atomic mass is 10.3. The number of anilines is 1. The predicted octanol–water partition coefficient (Wildman–Crippen LogP) is -0.510. The fraction of sp³-hybridized carbons (Fsp3) is 0.333. The number of rotatable bonds is 3. The fourth-order valence-electron chi connectivity index (χ4n) is 0.896. The molecule has 7 nitrogen and oxygen atoms in total. The van der Waals surface area contributed by atoms with Crippen LogP contribution in [0.2, 0.25) is 0 Å². The lowest BCUT2D eigenvalue weighted by Gasteiger charge is -1.99. The number of aryl methyl sites for hydroxylation is 1. The van der Waals surface area contributed by atoms with Crippen LogP contribution in [0.15, 0.2) is 6.20 Å². The summed E-state index contributed by atoms with van der Waals surface area (Å²) in [5.41, 5.74) is -0.182. The maximum Gasteiger partial charge on any atom is 0.341 e. The van der Waals surface area contributed by atoms with E-state index in [2.05, 4.69) is 5.10 Å². The molecule has 0 unspecified atom stereocenters. The largest absolute Gasteiger partial charge is 0.477 e. The van der Waals surface area contributed by atoms with Gasteiger partial charge in [0.1, 0.15) is 5.56 Å². The first-order chi connectivity index (χ1) is 6.29. The molecule has 0 radical (unpaired) electrons. The van der Waals surface area contributed by atoms with Crippen molar-refractivity contribution in [2.75, 3.05) is 11.0 Å². The monoisotopic (exact) mass is 219 g/mol. The van der Waals surface area contributed by atoms with E-state index in [0.717, 1.165) is 6.26 Å². The van der Waals surface area contributed by atoms with Gasteiger partial charge in [-0.05, 0) is 0 Å². The summed E-state index contributed by atoms with van der Waals surface area (Å²) in [5.74, 6) is -1.41. The van der Waals surface area contributed by atoms with Gasteiger partial charge in [-0.3, -0.25) is 9.40 Å². The highest BCUT2D eigenvalue weighted by Crippen LogP contribution is 2.13. The van der Waals surface area contributed by atoms with E-state index < -0.39 is 16.0 Å². The van der Waals surface area contributed by atoms with Crippen molar-refractivity contribution in [1.82, 2.24) is 9.78 Å². The number of aromatic nitrogens is 2. The Labute approximate surface area is 80.4 Å². The number of carbonyl (C=O) groups is 1. The Morgan fingerprint density at radius 1 is 1.64 bits per heavy atom. The van der Waals surface area contributed by atoms with Crippen molar-refractivity contribution in [1.29, 1.82) is 0 Å². The number of nitrogens with zero attached hydrogens (tertiary/aromatic N) is 2. The smallest absolute Gasteiger partial charge is 0.341 e. The van der Waals surface area contributed by atoms with Gasteiger partial charge in [-0.15, -0.1) is 0 Å². The third kappa shape index (κ3) is 2.46. The average molecular weight is 219 g/mol. The van der Waals surface area contributed by atoms with Gasteiger partial charge in [0, 0.05) is 13.2 Å². The molecule has 0 aliphatic heterocycles. The van der Waals surface area contributed by atoms with Crippen molar-refractivity contribution in [3.05, 3.63) is 11.8 Å². The molecular formula is C6H9N3O4S. The molecule has 0 bridgehead atoms. The molecule has 0 amide bonds. The zero-order chi connectivity index (χ0) is 10.9. The summed E-state index contributed by atoms with van der Waals surface area (Å²) >= 11 is 0. The highest BCUT2D eigenvalue weighted by atomic mass is 32.2. The minimum atomic E-state index is -3.51. The van der Waals surface area contributed by atoms with Gasteiger partial charge in [0.05, 0.1) is 6.26 Å². The molecule has 0 saturated heterocycles. The number of sulfonamides is 1. The van der Waals surface area contributed by atoms with Crippen LogP contribution in [-0.4, -0.2) is 35.5 Å². The van der Waals surface area contributed by atoms with Crippen molar-refractivity contribution >= 4 is 21.8 Å². The highest BCUT2D eigenvalue weighted by Gasteiger charge is 2.16. The summed E-state index contributed by atoms with van der Waals surface area (Å²) in [6.45, 7) is 0. The van der Waals surface area contributed by atoms with E-state index >= 15 is 0 Å². The Morgan fingerprint density at radius 3 is 2.64 bits per heavy atom. The van der Waals surface area contributed by atoms with Crippen molar-refractivity contribution in [3.63, 3.8) is 0 Å². The van der Waals surface area contributed by atoms with Gasteiger partial charge in [0.25, 0.3) is 0 Å². The van der Waals surface area contributed by atoms with Crippen molar-refractivity contribution in [3.8, 4) is 0 Å². The Bertz CT molecular complexity index is 461. The molecule has 1 aromatic rings. The molecule has 8 heteroatoms. The zero-order valence-corrected chi connectivity index (χ0v) is 8.37. The van der Waals surface area contributed by atoms with Crippen molar-refractivity contribution in [2.45, 2.75) is 0 Å². The van der Waals surface area contributed by atoms with E-state index in [-0.39, 0.29) is 11.4 Å². The molecule has 1 aromatic heterocycles. The van der Waals surface area contributed by atoms with Crippen LogP contribution in [0, 0.1) is 0 Å². The van der Waals surface area contributed by atoms with E-state index in [1.54, 1.807) is 0 Å². The summed E-state index contributed by atoms with van der Waals surface area (Å²) in [5, 5.41) is 12.4. The van der Waals surface area contributed by atoms with E-state index in [9.17, 15) is 13.2 Å². The van der Waals surface area contributed by atoms with E-state index in [0.29, 0.717) is 0 Å². The Balaban J connectivity index is 3.14. The second kappa shape index (κ2) is 3.29. The maximum absolute atomic E-state index is 10.8. The molecule has 0 atom stereocenters. The van der Waals surface area contributed by atoms with Gasteiger partial charge < -0.3 is 5.11 Å². The van der Waals surface area contributed by atoms with Crippen LogP contribution in [-0.2, 0) is 17.1 Å². The summed E-state index contributed by atoms with van der Waals surface area (Å²) in [6.07, 6.45) is 2.14. The standard InChI is InChI=1S/C6H9N3O4S/c1-9-3-4(6(10)11)5(7-9)8-14(2,12)13/h3H,1-2H3,(H,7,8)(H,10,11). The predicted molar refractivity (Wildman–Crippen MR) is 48.6 cm³/mol. The molecule has 0 aliphatic rings. The third-order valence-corrected chi connectivity index (χ3v) is 1.91. The molecule has 0 saturated carbocycles. The van der Waals surface area contributed by atoms with Crippen LogP contribution in [0.25, 0.3) is 0 Å². The molecule has 0 fully saturated rings. The minimum Gasteiger partial charge on any atom is -0.477 e. The third-order valence-electron chi connectivity index (χ3n) is 1.34. The van der Waals surface area contributed by atoms with Gasteiger partial charge in [-0.1, -0.05) is 0 Å². The summed E-state index contributed by atoms with van der Waals surface area (Å²) < 4.78 is 24.9. The van der Waals surface area contributed by atoms with Crippen LogP contribution in [0.5, 0.6) is 0 Å². The van der Waals surface area contributed by atoms with Crippen molar-refractivity contribution in [2.24, 2.45) is 7.05 Å². The number of hydrogen-bond donors (Lipinski definition) is 2. The van der Waals surface area contributed by atoms with Gasteiger partial charge in [-0.2, -0.15) is 5.10 Å². The first kappa shape index (κ1) is 10.5. The molecule has 78 valence electrons. The molecule has 2 N–H and O–H groups in total. The highest BCUT2D eigenvalue weighted by molar-refractivity contribution is 7.92. The Kier molecular flexibility index (Phi) is 2.47. The number of aromatic carboxylic acids is 1. The second-order valence-electron chi connectivity index (χ2n) is 2.74. The molecule has 1 rings (SSSR count). The van der Waals surface area contributed by atoms with Gasteiger partial charge >= 0.3 is 5.97 Å². The van der Waals surface area contributed by atoms with Crippen LogP contribution in [0.3, 0.4) is 0 Å². The molecule has 14 heavy (non-hydrogen) atoms. The number of carboxylic acids is 1. The number of hydrogen-bond acceptors (Lipinski definition) is 4. The molecular weight excluding hydrogens is 210 g/mol. The van der Waals surface area contributed by atoms with Crippen LogP contribution < -0.4 is 4.72 Å². The quantitative estimate of drug-likeness (QED) is 0.713. The summed E-state index contributed by atoms with van der Waals surface area (Å²) in [7, 11) is -2.01. The zero-order valence-electron chi connectivity index (χ0n) is 7.55. The van der Waals surface area contributed by atoms with Crippen LogP contribution in [0.1, 0.15) is 10.4 Å². The van der Waals surface area contributed by atoms with Crippen LogP contribution >= 0.6 is 0 Å². The Hall–Kier alpha value is -1.57. The summed E-state index contributed by atoms with van der Waals surface area (Å²) in [4.78, 5) is 10.6. The first-order valence-corrected chi connectivity index (χ1v) is 5.43. The lowest BCUT2D eigenvalue weighted by molar-refractivity contribution is 0.0698. The molecule has 0 spiro atoms. The number of nitrogens with one attached hydrogen (secondary N) is 1. The topological polar surface area (TPSA) is 101 Å². The minimum absolute atomic E-state index is 0.178. The van der Waals surface area contributed by atoms with E-state index in [1.807, 2.05) is 4.72 Å². The lowest BCUT2D eigenvalue weighted by Crippen LogP contribution is -2.12. The molecule has 1 heterocycles. The molecule has 0 aromatic carbocycles. The second-order valence-corrected chi connectivity index (χ2v) is 4.49. The van der Waals surface area contributed by atoms with Crippen molar-refractivity contribution < 1.29 is 18.3 Å². The maximum atomic E-state index is 10.8. The molecule has 0 aliphatic carbocycles. The normalized spacial score (nSPS) is 11.3. The SMILES string of the molecule is Cn1cc(C(=O)O)c(NS(C)(=O)=O)n1. The van der Waals surface area contributed by atoms with E-state index in [4.69, 9.17) is 5.11 Å². The fourth-order valence-corrected chi connectivity index (χ4v) is 1.40. The van der Waals surface area contributed by atoms with Gasteiger partial charge in [0.2, 0.25) is 10.0 Å².